The van der Waals surface area contributed by atoms with Crippen LogP contribution in [0.2, 0.25) is 0 Å². The third-order valence-electron chi connectivity index (χ3n) is 2.27. The van der Waals surface area contributed by atoms with Gasteiger partial charge in [0, 0.05) is 11.9 Å². The lowest BCUT2D eigenvalue weighted by atomic mass is 10.3. The van der Waals surface area contributed by atoms with Crippen molar-refractivity contribution in [2.24, 2.45) is 0 Å². The maximum atomic E-state index is 5.70. The normalized spacial score (nSPS) is 10.2. The van der Waals surface area contributed by atoms with Crippen LogP contribution in [-0.2, 0) is 0 Å². The van der Waals surface area contributed by atoms with Gasteiger partial charge in [0.1, 0.15) is 22.4 Å². The standard InChI is InChI=1S/C12H12BrN3OS/c1-14-11-10(13)12(16-7-15-11)17-8-3-5-9(18-2)6-4-8/h3-7H,1-2H3,(H,14,15,16). The quantitative estimate of drug-likeness (QED) is 0.866. The number of nitrogens with one attached hydrogen (secondary N) is 1. The molecule has 94 valence electrons. The number of benzene rings is 1. The molecular weight excluding hydrogens is 314 g/mol. The van der Waals surface area contributed by atoms with Crippen LogP contribution in [-0.4, -0.2) is 23.3 Å². The van der Waals surface area contributed by atoms with Crippen LogP contribution >= 0.6 is 27.7 Å². The molecule has 18 heavy (non-hydrogen) atoms. The predicted molar refractivity (Wildman–Crippen MR) is 77.6 cm³/mol. The third-order valence-corrected chi connectivity index (χ3v) is 3.73. The largest absolute Gasteiger partial charge is 0.438 e. The summed E-state index contributed by atoms with van der Waals surface area (Å²) in [5.74, 6) is 1.93. The van der Waals surface area contributed by atoms with Gasteiger partial charge in [-0.15, -0.1) is 11.8 Å². The molecule has 0 saturated heterocycles. The van der Waals surface area contributed by atoms with Gasteiger partial charge < -0.3 is 10.1 Å². The van der Waals surface area contributed by atoms with Gasteiger partial charge in [0.05, 0.1) is 0 Å². The minimum absolute atomic E-state index is 0.492. The molecule has 4 nitrogen and oxygen atoms in total. The van der Waals surface area contributed by atoms with Crippen LogP contribution in [0.25, 0.3) is 0 Å². The van der Waals surface area contributed by atoms with Gasteiger partial charge in [-0.25, -0.2) is 9.97 Å². The lowest BCUT2D eigenvalue weighted by molar-refractivity contribution is 0.458. The lowest BCUT2D eigenvalue weighted by Crippen LogP contribution is -1.97. The Morgan fingerprint density at radius 3 is 2.56 bits per heavy atom. The summed E-state index contributed by atoms with van der Waals surface area (Å²) in [5, 5.41) is 2.96. The van der Waals surface area contributed by atoms with Crippen LogP contribution in [0.4, 0.5) is 5.82 Å². The maximum Gasteiger partial charge on any atom is 0.238 e. The number of aromatic nitrogens is 2. The van der Waals surface area contributed by atoms with Gasteiger partial charge >= 0.3 is 0 Å². The molecule has 2 aromatic rings. The molecule has 0 saturated carbocycles. The molecule has 1 N–H and O–H groups in total. The molecule has 0 fully saturated rings. The highest BCUT2D eigenvalue weighted by molar-refractivity contribution is 9.10. The smallest absolute Gasteiger partial charge is 0.238 e. The molecule has 0 aliphatic rings. The molecule has 0 atom stereocenters. The Kier molecular flexibility index (Phi) is 4.43. The van der Waals surface area contributed by atoms with Crippen molar-refractivity contribution >= 4 is 33.5 Å². The summed E-state index contributed by atoms with van der Waals surface area (Å²) in [4.78, 5) is 9.37. The fraction of sp³-hybridized carbons (Fsp3) is 0.167. The monoisotopic (exact) mass is 325 g/mol. The summed E-state index contributed by atoms with van der Waals surface area (Å²) < 4.78 is 6.41. The van der Waals surface area contributed by atoms with Gasteiger partial charge in [-0.05, 0) is 46.5 Å². The first-order valence-electron chi connectivity index (χ1n) is 5.24. The first-order valence-corrected chi connectivity index (χ1v) is 7.26. The van der Waals surface area contributed by atoms with Gasteiger partial charge in [-0.2, -0.15) is 0 Å². The van der Waals surface area contributed by atoms with Gasteiger partial charge in [0.2, 0.25) is 5.88 Å². The second kappa shape index (κ2) is 6.06. The fourth-order valence-corrected chi connectivity index (χ4v) is 2.25. The van der Waals surface area contributed by atoms with E-state index < -0.39 is 0 Å². The number of hydrogen-bond acceptors (Lipinski definition) is 5. The van der Waals surface area contributed by atoms with Crippen molar-refractivity contribution in [3.05, 3.63) is 35.1 Å². The van der Waals surface area contributed by atoms with Crippen molar-refractivity contribution in [1.29, 1.82) is 0 Å². The highest BCUT2D eigenvalue weighted by Gasteiger charge is 2.09. The van der Waals surface area contributed by atoms with E-state index in [0.717, 1.165) is 5.75 Å². The van der Waals surface area contributed by atoms with Crippen molar-refractivity contribution in [3.63, 3.8) is 0 Å². The Morgan fingerprint density at radius 2 is 1.94 bits per heavy atom. The Hall–Kier alpha value is -1.27. The lowest BCUT2D eigenvalue weighted by Gasteiger charge is -2.09. The molecule has 0 spiro atoms. The predicted octanol–water partition coefficient (Wildman–Crippen LogP) is 3.80. The third kappa shape index (κ3) is 2.94. The molecule has 6 heteroatoms. The molecule has 0 radical (unpaired) electrons. The van der Waals surface area contributed by atoms with Crippen LogP contribution < -0.4 is 10.1 Å². The van der Waals surface area contributed by atoms with Gasteiger partial charge in [0.15, 0.2) is 0 Å². The molecule has 0 aliphatic heterocycles. The summed E-state index contributed by atoms with van der Waals surface area (Å²) in [5.41, 5.74) is 0. The molecule has 1 heterocycles. The Morgan fingerprint density at radius 1 is 1.22 bits per heavy atom. The highest BCUT2D eigenvalue weighted by Crippen LogP contribution is 2.32. The highest BCUT2D eigenvalue weighted by atomic mass is 79.9. The summed E-state index contributed by atoms with van der Waals surface area (Å²) in [6, 6.07) is 7.85. The zero-order chi connectivity index (χ0) is 13.0. The molecular formula is C12H12BrN3OS. The number of thioether (sulfide) groups is 1. The summed E-state index contributed by atoms with van der Waals surface area (Å²) in [6.07, 6.45) is 3.50. The molecule has 0 unspecified atom stereocenters. The summed E-state index contributed by atoms with van der Waals surface area (Å²) in [7, 11) is 1.80. The van der Waals surface area contributed by atoms with Crippen LogP contribution in [0.5, 0.6) is 11.6 Å². The molecule has 0 aliphatic carbocycles. The van der Waals surface area contributed by atoms with E-state index in [-0.39, 0.29) is 0 Å². The Balaban J connectivity index is 2.22. The first kappa shape index (κ1) is 13.2. The second-order valence-electron chi connectivity index (χ2n) is 3.37. The van der Waals surface area contributed by atoms with E-state index in [1.165, 1.54) is 11.2 Å². The fourth-order valence-electron chi connectivity index (χ4n) is 1.35. The number of nitrogens with zero attached hydrogens (tertiary/aromatic N) is 2. The zero-order valence-electron chi connectivity index (χ0n) is 9.98. The van der Waals surface area contributed by atoms with Crippen LogP contribution in [0.15, 0.2) is 40.0 Å². The molecule has 1 aromatic carbocycles. The number of hydrogen-bond donors (Lipinski definition) is 1. The van der Waals surface area contributed by atoms with E-state index in [4.69, 9.17) is 4.74 Å². The van der Waals surface area contributed by atoms with Crippen molar-refractivity contribution in [2.75, 3.05) is 18.6 Å². The van der Waals surface area contributed by atoms with E-state index in [0.29, 0.717) is 16.2 Å². The molecule has 0 bridgehead atoms. The van der Waals surface area contributed by atoms with Crippen molar-refractivity contribution < 1.29 is 4.74 Å². The molecule has 0 amide bonds. The number of anilines is 1. The number of rotatable bonds is 4. The minimum Gasteiger partial charge on any atom is -0.438 e. The molecule has 1 aromatic heterocycles. The van der Waals surface area contributed by atoms with Crippen LogP contribution in [0, 0.1) is 0 Å². The zero-order valence-corrected chi connectivity index (χ0v) is 12.4. The van der Waals surface area contributed by atoms with Gasteiger partial charge in [0.25, 0.3) is 0 Å². The maximum absolute atomic E-state index is 5.70. The van der Waals surface area contributed by atoms with Crippen molar-refractivity contribution in [2.45, 2.75) is 4.90 Å². The van der Waals surface area contributed by atoms with Gasteiger partial charge in [-0.1, -0.05) is 0 Å². The Labute approximate surface area is 118 Å². The van der Waals surface area contributed by atoms with Crippen molar-refractivity contribution in [3.8, 4) is 11.6 Å². The van der Waals surface area contributed by atoms with E-state index in [9.17, 15) is 0 Å². The Bertz CT molecular complexity index is 533. The van der Waals surface area contributed by atoms with E-state index in [1.807, 2.05) is 30.5 Å². The first-order chi connectivity index (χ1) is 8.74. The van der Waals surface area contributed by atoms with E-state index in [2.05, 4.69) is 31.2 Å². The van der Waals surface area contributed by atoms with Crippen LogP contribution in [0.1, 0.15) is 0 Å². The second-order valence-corrected chi connectivity index (χ2v) is 5.04. The molecule has 2 rings (SSSR count). The van der Waals surface area contributed by atoms with Crippen LogP contribution in [0.3, 0.4) is 0 Å². The topological polar surface area (TPSA) is 47.0 Å². The average molecular weight is 326 g/mol. The van der Waals surface area contributed by atoms with Gasteiger partial charge in [-0.3, -0.25) is 0 Å². The van der Waals surface area contributed by atoms with E-state index >= 15 is 0 Å². The summed E-state index contributed by atoms with van der Waals surface area (Å²) in [6.45, 7) is 0. The number of halogens is 1. The number of ether oxygens (including phenoxy) is 1. The summed E-state index contributed by atoms with van der Waals surface area (Å²) >= 11 is 5.10. The SMILES string of the molecule is CNc1ncnc(Oc2ccc(SC)cc2)c1Br. The van der Waals surface area contributed by atoms with E-state index in [1.54, 1.807) is 18.8 Å². The average Bonchev–Trinajstić information content (AvgIpc) is 2.42. The van der Waals surface area contributed by atoms with Crippen molar-refractivity contribution in [1.82, 2.24) is 9.97 Å². The minimum atomic E-state index is 0.492.